The number of carbonyl (C=O) groups is 2. The van der Waals surface area contributed by atoms with Crippen LogP contribution in [0.3, 0.4) is 0 Å². The molecule has 3 rings (SSSR count). The minimum Gasteiger partial charge on any atom is -0.273 e. The largest absolute Gasteiger partial charge is 0.273 e. The predicted octanol–water partition coefficient (Wildman–Crippen LogP) is 3.60. The van der Waals surface area contributed by atoms with Crippen LogP contribution in [0.5, 0.6) is 0 Å². The van der Waals surface area contributed by atoms with Crippen molar-refractivity contribution in [3.63, 3.8) is 0 Å². The van der Waals surface area contributed by atoms with Gasteiger partial charge in [-0.2, -0.15) is 5.10 Å². The third-order valence-corrected chi connectivity index (χ3v) is 4.70. The molecule has 0 radical (unpaired) electrons. The van der Waals surface area contributed by atoms with E-state index in [2.05, 4.69) is 31.9 Å². The van der Waals surface area contributed by atoms with Crippen LogP contribution in [0.15, 0.2) is 59.2 Å². The molecule has 138 valence electrons. The summed E-state index contributed by atoms with van der Waals surface area (Å²) < 4.78 is 2.62. The summed E-state index contributed by atoms with van der Waals surface area (Å²) in [7, 11) is 0. The maximum absolute atomic E-state index is 12.4. The highest BCUT2D eigenvalue weighted by atomic mass is 79.9. The minimum atomic E-state index is -0.430. The second-order valence-electron chi connectivity index (χ2n) is 5.84. The van der Waals surface area contributed by atoms with Crippen LogP contribution in [0.25, 0.3) is 5.69 Å². The minimum absolute atomic E-state index is 0.134. The van der Waals surface area contributed by atoms with Crippen LogP contribution in [0.4, 0.5) is 0 Å². The van der Waals surface area contributed by atoms with Gasteiger partial charge >= 0.3 is 0 Å². The molecule has 0 aliphatic rings. The van der Waals surface area contributed by atoms with Crippen molar-refractivity contribution in [2.75, 3.05) is 0 Å². The Kier molecular flexibility index (Phi) is 5.93. The van der Waals surface area contributed by atoms with Crippen LogP contribution in [0.2, 0.25) is 5.02 Å². The van der Waals surface area contributed by atoms with Gasteiger partial charge in [-0.15, -0.1) is 0 Å². The third kappa shape index (κ3) is 4.75. The van der Waals surface area contributed by atoms with Crippen LogP contribution < -0.4 is 10.9 Å². The van der Waals surface area contributed by atoms with Crippen molar-refractivity contribution in [3.8, 4) is 5.69 Å². The Morgan fingerprint density at radius 1 is 1.07 bits per heavy atom. The number of nitrogens with one attached hydrogen (secondary N) is 2. The first-order chi connectivity index (χ1) is 12.9. The molecule has 0 spiro atoms. The molecule has 0 aliphatic heterocycles. The predicted molar refractivity (Wildman–Crippen MR) is 107 cm³/mol. The zero-order valence-corrected chi connectivity index (χ0v) is 16.7. The van der Waals surface area contributed by atoms with Crippen LogP contribution in [-0.2, 0) is 11.2 Å². The van der Waals surface area contributed by atoms with Crippen molar-refractivity contribution < 1.29 is 9.59 Å². The number of carbonyl (C=O) groups excluding carboxylic acids is 2. The van der Waals surface area contributed by atoms with Gasteiger partial charge in [-0.3, -0.25) is 20.4 Å². The van der Waals surface area contributed by atoms with Gasteiger partial charge in [0.05, 0.1) is 29.6 Å². The molecule has 2 aromatic carbocycles. The highest BCUT2D eigenvalue weighted by Gasteiger charge is 2.16. The first-order valence-electron chi connectivity index (χ1n) is 8.08. The molecular formula is C19H16BrClN4O2. The quantitative estimate of drug-likeness (QED) is 0.600. The second-order valence-corrected chi connectivity index (χ2v) is 7.19. The van der Waals surface area contributed by atoms with Crippen LogP contribution in [0.1, 0.15) is 21.6 Å². The molecule has 0 atom stereocenters. The Labute approximate surface area is 169 Å². The maximum Gasteiger partial charge on any atom is 0.273 e. The van der Waals surface area contributed by atoms with E-state index in [4.69, 9.17) is 11.6 Å². The van der Waals surface area contributed by atoms with Gasteiger partial charge in [0.15, 0.2) is 0 Å². The van der Waals surface area contributed by atoms with E-state index in [0.717, 1.165) is 15.7 Å². The number of hydrazine groups is 1. The van der Waals surface area contributed by atoms with Gasteiger partial charge < -0.3 is 0 Å². The Bertz CT molecular complexity index is 968. The number of hydrogen-bond acceptors (Lipinski definition) is 3. The highest BCUT2D eigenvalue weighted by molar-refractivity contribution is 9.10. The fourth-order valence-corrected chi connectivity index (χ4v) is 2.89. The molecule has 6 nitrogen and oxygen atoms in total. The summed E-state index contributed by atoms with van der Waals surface area (Å²) in [5.41, 5.74) is 7.51. The molecule has 2 amide bonds. The van der Waals surface area contributed by atoms with Gasteiger partial charge in [-0.1, -0.05) is 39.7 Å². The first-order valence-corrected chi connectivity index (χ1v) is 9.25. The topological polar surface area (TPSA) is 76.0 Å². The lowest BCUT2D eigenvalue weighted by atomic mass is 10.1. The average Bonchev–Trinajstić information content (AvgIpc) is 3.04. The highest BCUT2D eigenvalue weighted by Crippen LogP contribution is 2.17. The van der Waals surface area contributed by atoms with Gasteiger partial charge in [0.2, 0.25) is 5.91 Å². The summed E-state index contributed by atoms with van der Waals surface area (Å²) in [6.07, 6.45) is 1.60. The van der Waals surface area contributed by atoms with Crippen molar-refractivity contribution in [2.45, 2.75) is 13.3 Å². The first kappa shape index (κ1) is 19.1. The Morgan fingerprint density at radius 3 is 2.41 bits per heavy atom. The molecule has 0 saturated heterocycles. The number of benzene rings is 2. The van der Waals surface area contributed by atoms with Gasteiger partial charge in [0.1, 0.15) is 0 Å². The number of hydrogen-bond donors (Lipinski definition) is 2. The van der Waals surface area contributed by atoms with Gasteiger partial charge in [0, 0.05) is 9.50 Å². The monoisotopic (exact) mass is 446 g/mol. The van der Waals surface area contributed by atoms with Crippen LogP contribution in [-0.4, -0.2) is 21.6 Å². The van der Waals surface area contributed by atoms with E-state index in [1.54, 1.807) is 35.9 Å². The van der Waals surface area contributed by atoms with Crippen molar-refractivity contribution in [1.82, 2.24) is 20.6 Å². The molecule has 0 unspecified atom stereocenters. The number of amides is 2. The van der Waals surface area contributed by atoms with E-state index in [-0.39, 0.29) is 12.3 Å². The number of aromatic nitrogens is 2. The third-order valence-electron chi connectivity index (χ3n) is 3.92. The number of rotatable bonds is 4. The molecule has 3 aromatic rings. The zero-order chi connectivity index (χ0) is 19.4. The number of halogens is 2. The van der Waals surface area contributed by atoms with Crippen molar-refractivity contribution in [2.24, 2.45) is 0 Å². The molecule has 2 N–H and O–H groups in total. The molecule has 0 bridgehead atoms. The molecule has 8 heteroatoms. The molecule has 1 aromatic heterocycles. The molecule has 0 fully saturated rings. The lowest BCUT2D eigenvalue weighted by Crippen LogP contribution is -2.42. The van der Waals surface area contributed by atoms with E-state index in [0.29, 0.717) is 16.3 Å². The lowest BCUT2D eigenvalue weighted by Gasteiger charge is -2.08. The number of nitrogens with zero attached hydrogens (tertiary/aromatic N) is 2. The van der Waals surface area contributed by atoms with Gasteiger partial charge in [0.25, 0.3) is 5.91 Å². The Hall–Kier alpha value is -2.64. The summed E-state index contributed by atoms with van der Waals surface area (Å²) >= 11 is 9.21. The van der Waals surface area contributed by atoms with Crippen LogP contribution >= 0.6 is 27.5 Å². The average molecular weight is 448 g/mol. The fourth-order valence-electron chi connectivity index (χ4n) is 2.50. The van der Waals surface area contributed by atoms with E-state index >= 15 is 0 Å². The van der Waals surface area contributed by atoms with E-state index in [9.17, 15) is 9.59 Å². The van der Waals surface area contributed by atoms with E-state index in [1.807, 2.05) is 24.3 Å². The summed E-state index contributed by atoms with van der Waals surface area (Å²) in [6, 6.07) is 14.5. The Balaban J connectivity index is 1.62. The summed E-state index contributed by atoms with van der Waals surface area (Å²) in [4.78, 5) is 24.4. The smallest absolute Gasteiger partial charge is 0.273 e. The molecule has 0 aliphatic carbocycles. The summed E-state index contributed by atoms with van der Waals surface area (Å²) in [6.45, 7) is 1.79. The lowest BCUT2D eigenvalue weighted by molar-refractivity contribution is -0.121. The summed E-state index contributed by atoms with van der Waals surface area (Å²) in [5, 5.41) is 4.86. The van der Waals surface area contributed by atoms with Crippen molar-refractivity contribution in [3.05, 3.63) is 81.0 Å². The second kappa shape index (κ2) is 8.37. The van der Waals surface area contributed by atoms with Crippen LogP contribution in [0, 0.1) is 6.92 Å². The van der Waals surface area contributed by atoms with Crippen molar-refractivity contribution >= 4 is 39.3 Å². The SMILES string of the molecule is Cc1c(C(=O)NNC(=O)Cc2ccc(Cl)cc2)cnn1-c1ccc(Br)cc1. The normalized spacial score (nSPS) is 10.5. The van der Waals surface area contributed by atoms with Gasteiger partial charge in [-0.25, -0.2) is 4.68 Å². The van der Waals surface area contributed by atoms with E-state index in [1.165, 1.54) is 6.20 Å². The maximum atomic E-state index is 12.4. The molecule has 27 heavy (non-hydrogen) atoms. The molecular weight excluding hydrogens is 432 g/mol. The molecule has 1 heterocycles. The fraction of sp³-hybridized carbons (Fsp3) is 0.105. The summed E-state index contributed by atoms with van der Waals surface area (Å²) in [5.74, 6) is -0.760. The standard InChI is InChI=1S/C19H16BrClN4O2/c1-12-17(11-22-25(12)16-8-4-14(20)5-9-16)19(27)24-23-18(26)10-13-2-6-15(21)7-3-13/h2-9,11H,10H2,1H3,(H,23,26)(H,24,27). The molecule has 0 saturated carbocycles. The van der Waals surface area contributed by atoms with Crippen molar-refractivity contribution in [1.29, 1.82) is 0 Å². The Morgan fingerprint density at radius 2 is 1.74 bits per heavy atom. The van der Waals surface area contributed by atoms with Gasteiger partial charge in [-0.05, 0) is 48.9 Å². The van der Waals surface area contributed by atoms with E-state index < -0.39 is 5.91 Å². The zero-order valence-electron chi connectivity index (χ0n) is 14.4.